The zero-order chi connectivity index (χ0) is 9.14. The first-order valence-corrected chi connectivity index (χ1v) is 3.65. The van der Waals surface area contributed by atoms with Crippen molar-refractivity contribution in [3.8, 4) is 0 Å². The molecule has 0 atom stereocenters. The molecule has 0 aliphatic rings. The minimum absolute atomic E-state index is 0.173. The number of nitrogens with two attached hydrogens (primary N) is 1. The van der Waals surface area contributed by atoms with Crippen LogP contribution < -0.4 is 16.6 Å². The summed E-state index contributed by atoms with van der Waals surface area (Å²) in [5.41, 5.74) is 5.79. The molecular weight excluding hydrogens is 156 g/mol. The summed E-state index contributed by atoms with van der Waals surface area (Å²) in [5.74, 6) is 0.856. The molecule has 0 saturated carbocycles. The minimum atomic E-state index is -0.173. The van der Waals surface area contributed by atoms with E-state index in [4.69, 9.17) is 5.73 Å². The van der Waals surface area contributed by atoms with Crippen LogP contribution in [0.4, 0.5) is 5.82 Å². The Hall–Kier alpha value is -1.36. The molecule has 1 rings (SSSR count). The van der Waals surface area contributed by atoms with Gasteiger partial charge in [-0.25, -0.2) is 4.98 Å². The van der Waals surface area contributed by atoms with Crippen molar-refractivity contribution in [3.63, 3.8) is 0 Å². The van der Waals surface area contributed by atoms with Crippen molar-refractivity contribution >= 4 is 5.82 Å². The third kappa shape index (κ3) is 1.62. The number of H-pyrrole nitrogens is 1. The van der Waals surface area contributed by atoms with Crippen LogP contribution in [0.3, 0.4) is 0 Å². The number of rotatable bonds is 2. The zero-order valence-electron chi connectivity index (χ0n) is 7.14. The normalized spacial score (nSPS) is 10.2. The van der Waals surface area contributed by atoms with Gasteiger partial charge in [-0.3, -0.25) is 4.79 Å². The van der Waals surface area contributed by atoms with Gasteiger partial charge in [0.2, 0.25) is 0 Å². The van der Waals surface area contributed by atoms with E-state index in [1.54, 1.807) is 14.0 Å². The van der Waals surface area contributed by atoms with Gasteiger partial charge in [0.05, 0.1) is 12.1 Å². The largest absolute Gasteiger partial charge is 0.383 e. The molecular formula is C7H12N4O. The predicted molar refractivity (Wildman–Crippen MR) is 46.8 cm³/mol. The van der Waals surface area contributed by atoms with Gasteiger partial charge in [-0.2, -0.15) is 0 Å². The number of hydrogen-bond acceptors (Lipinski definition) is 4. The number of aromatic nitrogens is 2. The monoisotopic (exact) mass is 168 g/mol. The molecule has 0 aliphatic carbocycles. The van der Waals surface area contributed by atoms with Crippen LogP contribution in [0.1, 0.15) is 11.4 Å². The summed E-state index contributed by atoms with van der Waals surface area (Å²) >= 11 is 0. The number of anilines is 1. The van der Waals surface area contributed by atoms with E-state index in [-0.39, 0.29) is 5.56 Å². The summed E-state index contributed by atoms with van der Waals surface area (Å²) in [7, 11) is 1.77. The van der Waals surface area contributed by atoms with Crippen LogP contribution in [0.2, 0.25) is 0 Å². The maximum Gasteiger partial charge on any atom is 0.255 e. The highest BCUT2D eigenvalue weighted by Gasteiger charge is 2.02. The SMILES string of the molecule is CNCc1nc(N)c(C)c(=O)[nH]1. The summed E-state index contributed by atoms with van der Waals surface area (Å²) in [6.45, 7) is 2.16. The number of hydrogen-bond donors (Lipinski definition) is 3. The quantitative estimate of drug-likeness (QED) is 0.549. The second-order valence-electron chi connectivity index (χ2n) is 2.55. The fourth-order valence-electron chi connectivity index (χ4n) is 0.849. The molecule has 66 valence electrons. The molecule has 0 bridgehead atoms. The molecule has 0 spiro atoms. The molecule has 0 aliphatic heterocycles. The topological polar surface area (TPSA) is 83.8 Å². The van der Waals surface area contributed by atoms with Crippen molar-refractivity contribution in [1.29, 1.82) is 0 Å². The molecule has 12 heavy (non-hydrogen) atoms. The van der Waals surface area contributed by atoms with E-state index in [1.165, 1.54) is 0 Å². The number of aromatic amines is 1. The molecule has 0 saturated heterocycles. The van der Waals surface area contributed by atoms with Gasteiger partial charge in [-0.1, -0.05) is 0 Å². The Kier molecular flexibility index (Phi) is 2.44. The van der Waals surface area contributed by atoms with Crippen molar-refractivity contribution in [3.05, 3.63) is 21.7 Å². The van der Waals surface area contributed by atoms with Crippen LogP contribution in [-0.2, 0) is 6.54 Å². The van der Waals surface area contributed by atoms with E-state index in [2.05, 4.69) is 15.3 Å². The minimum Gasteiger partial charge on any atom is -0.383 e. The lowest BCUT2D eigenvalue weighted by Crippen LogP contribution is -2.20. The van der Waals surface area contributed by atoms with Gasteiger partial charge in [0.1, 0.15) is 11.6 Å². The summed E-state index contributed by atoms with van der Waals surface area (Å²) in [5, 5.41) is 2.87. The van der Waals surface area contributed by atoms with Gasteiger partial charge in [0, 0.05) is 0 Å². The smallest absolute Gasteiger partial charge is 0.255 e. The van der Waals surface area contributed by atoms with E-state index in [0.29, 0.717) is 23.8 Å². The first-order chi connectivity index (χ1) is 5.65. The van der Waals surface area contributed by atoms with E-state index < -0.39 is 0 Å². The van der Waals surface area contributed by atoms with Crippen molar-refractivity contribution in [2.75, 3.05) is 12.8 Å². The van der Waals surface area contributed by atoms with Crippen LogP contribution in [0.5, 0.6) is 0 Å². The van der Waals surface area contributed by atoms with Gasteiger partial charge in [0.25, 0.3) is 5.56 Å². The molecule has 0 unspecified atom stereocenters. The first kappa shape index (κ1) is 8.73. The molecule has 1 aromatic heterocycles. The van der Waals surface area contributed by atoms with Crippen molar-refractivity contribution in [2.45, 2.75) is 13.5 Å². The molecule has 0 aromatic carbocycles. The van der Waals surface area contributed by atoms with Crippen molar-refractivity contribution in [1.82, 2.24) is 15.3 Å². The Morgan fingerprint density at radius 2 is 2.33 bits per heavy atom. The molecule has 5 heteroatoms. The third-order valence-corrected chi connectivity index (χ3v) is 1.58. The van der Waals surface area contributed by atoms with Gasteiger partial charge >= 0.3 is 0 Å². The molecule has 0 fully saturated rings. The standard InChI is InChI=1S/C7H12N4O/c1-4-6(8)10-5(3-9-2)11-7(4)12/h9H,3H2,1-2H3,(H3,8,10,11,12). The number of nitrogens with zero attached hydrogens (tertiary/aromatic N) is 1. The average Bonchev–Trinajstić information content (AvgIpc) is 2.01. The number of nitrogens with one attached hydrogen (secondary N) is 2. The second-order valence-corrected chi connectivity index (χ2v) is 2.55. The summed E-state index contributed by atoms with van der Waals surface area (Å²) in [4.78, 5) is 17.7. The average molecular weight is 168 g/mol. The predicted octanol–water partition coefficient (Wildman–Crippen LogP) is -0.620. The van der Waals surface area contributed by atoms with E-state index in [1.807, 2.05) is 0 Å². The zero-order valence-corrected chi connectivity index (χ0v) is 7.14. The van der Waals surface area contributed by atoms with Crippen molar-refractivity contribution < 1.29 is 0 Å². The van der Waals surface area contributed by atoms with Gasteiger partial charge in [-0.05, 0) is 14.0 Å². The van der Waals surface area contributed by atoms with Gasteiger partial charge < -0.3 is 16.0 Å². The van der Waals surface area contributed by atoms with Crippen LogP contribution >= 0.6 is 0 Å². The van der Waals surface area contributed by atoms with Crippen LogP contribution in [0.25, 0.3) is 0 Å². The van der Waals surface area contributed by atoms with E-state index in [9.17, 15) is 4.79 Å². The Labute approximate surface area is 70.0 Å². The maximum atomic E-state index is 11.1. The molecule has 4 N–H and O–H groups in total. The van der Waals surface area contributed by atoms with Crippen LogP contribution in [0, 0.1) is 6.92 Å². The maximum absolute atomic E-state index is 11.1. The van der Waals surface area contributed by atoms with Gasteiger partial charge in [0.15, 0.2) is 0 Å². The second kappa shape index (κ2) is 3.36. The highest BCUT2D eigenvalue weighted by atomic mass is 16.1. The number of nitrogen functional groups attached to an aromatic ring is 1. The Morgan fingerprint density at radius 1 is 1.67 bits per heavy atom. The Balaban J connectivity index is 3.13. The van der Waals surface area contributed by atoms with Crippen molar-refractivity contribution in [2.24, 2.45) is 0 Å². The molecule has 0 radical (unpaired) electrons. The lowest BCUT2D eigenvalue weighted by Gasteiger charge is -2.02. The fourth-order valence-corrected chi connectivity index (χ4v) is 0.849. The highest BCUT2D eigenvalue weighted by molar-refractivity contribution is 5.35. The Morgan fingerprint density at radius 3 is 2.83 bits per heavy atom. The first-order valence-electron chi connectivity index (χ1n) is 3.65. The molecule has 0 amide bonds. The van der Waals surface area contributed by atoms with Crippen LogP contribution in [-0.4, -0.2) is 17.0 Å². The summed E-state index contributed by atoms with van der Waals surface area (Å²) < 4.78 is 0. The lowest BCUT2D eigenvalue weighted by atomic mass is 10.3. The third-order valence-electron chi connectivity index (χ3n) is 1.58. The summed E-state index contributed by atoms with van der Waals surface area (Å²) in [6.07, 6.45) is 0. The molecule has 5 nitrogen and oxygen atoms in total. The van der Waals surface area contributed by atoms with E-state index >= 15 is 0 Å². The van der Waals surface area contributed by atoms with Gasteiger partial charge in [-0.15, -0.1) is 0 Å². The molecule has 1 aromatic rings. The fraction of sp³-hybridized carbons (Fsp3) is 0.429. The highest BCUT2D eigenvalue weighted by Crippen LogP contribution is 1.99. The van der Waals surface area contributed by atoms with E-state index in [0.717, 1.165) is 0 Å². The molecule has 1 heterocycles. The van der Waals surface area contributed by atoms with Crippen LogP contribution in [0.15, 0.2) is 4.79 Å². The Bertz CT molecular complexity index is 331. The summed E-state index contributed by atoms with van der Waals surface area (Å²) in [6, 6.07) is 0. The lowest BCUT2D eigenvalue weighted by molar-refractivity contribution is 0.752.